The van der Waals surface area contributed by atoms with Crippen molar-refractivity contribution in [3.05, 3.63) is 39.8 Å². The smallest absolute Gasteiger partial charge is 0.259 e. The number of nitrogens with one attached hydrogen (secondary N) is 1. The molecular weight excluding hydrogens is 458 g/mol. The first-order valence-corrected chi connectivity index (χ1v) is 13.3. The van der Waals surface area contributed by atoms with E-state index in [2.05, 4.69) is 15.0 Å². The predicted molar refractivity (Wildman–Crippen MR) is 138 cm³/mol. The monoisotopic (exact) mass is 493 g/mol. The summed E-state index contributed by atoms with van der Waals surface area (Å²) in [5.74, 6) is 0.0580. The predicted octanol–water partition coefficient (Wildman–Crippen LogP) is 2.86. The molecule has 2 aliphatic heterocycles. The Morgan fingerprint density at radius 2 is 1.89 bits per heavy atom. The molecule has 3 aliphatic rings. The minimum Gasteiger partial charge on any atom is -0.381 e. The van der Waals surface area contributed by atoms with Gasteiger partial charge in [0, 0.05) is 63.5 Å². The average Bonchev–Trinajstić information content (AvgIpc) is 3.62. The van der Waals surface area contributed by atoms with Crippen LogP contribution < -0.4 is 5.56 Å². The fourth-order valence-electron chi connectivity index (χ4n) is 5.55. The third-order valence-electron chi connectivity index (χ3n) is 7.83. The number of carbonyl (C=O) groups excluding carboxylic acids is 1. The molecule has 1 saturated carbocycles. The minimum absolute atomic E-state index is 0.0580. The van der Waals surface area contributed by atoms with Crippen LogP contribution in [0.2, 0.25) is 0 Å². The molecule has 1 aromatic carbocycles. The van der Waals surface area contributed by atoms with Crippen molar-refractivity contribution in [1.29, 1.82) is 0 Å². The van der Waals surface area contributed by atoms with Crippen molar-refractivity contribution >= 4 is 27.7 Å². The topological polar surface area (TPSA) is 92.7 Å². The number of pyridine rings is 1. The number of carbonyl (C=O) groups is 1. The van der Waals surface area contributed by atoms with Crippen LogP contribution in [-0.4, -0.2) is 89.1 Å². The summed E-state index contributed by atoms with van der Waals surface area (Å²) in [5, 5.41) is 6.04. The second-order valence-corrected chi connectivity index (χ2v) is 10.4. The van der Waals surface area contributed by atoms with Crippen LogP contribution in [0.1, 0.15) is 54.1 Å². The fraction of sp³-hybridized carbons (Fsp3) is 0.593. The molecule has 36 heavy (non-hydrogen) atoms. The first-order valence-electron chi connectivity index (χ1n) is 13.3. The van der Waals surface area contributed by atoms with Gasteiger partial charge < -0.3 is 19.4 Å². The third kappa shape index (κ3) is 4.67. The molecule has 6 rings (SSSR count). The molecule has 2 saturated heterocycles. The van der Waals surface area contributed by atoms with Gasteiger partial charge >= 0.3 is 0 Å². The van der Waals surface area contributed by atoms with Crippen molar-refractivity contribution in [3.63, 3.8) is 0 Å². The van der Waals surface area contributed by atoms with Gasteiger partial charge in [-0.25, -0.2) is 0 Å². The van der Waals surface area contributed by atoms with E-state index in [0.29, 0.717) is 30.3 Å². The highest BCUT2D eigenvalue weighted by atomic mass is 16.5. The van der Waals surface area contributed by atoms with Gasteiger partial charge in [0.15, 0.2) is 0 Å². The molecule has 1 N–H and O–H groups in total. The van der Waals surface area contributed by atoms with E-state index in [9.17, 15) is 9.59 Å². The third-order valence-corrected chi connectivity index (χ3v) is 7.83. The molecule has 0 spiro atoms. The van der Waals surface area contributed by atoms with Crippen LogP contribution in [0.3, 0.4) is 0 Å². The molecule has 0 unspecified atom stereocenters. The summed E-state index contributed by atoms with van der Waals surface area (Å²) in [6.45, 7) is 8.39. The lowest BCUT2D eigenvalue weighted by molar-refractivity contribution is 0.0604. The summed E-state index contributed by atoms with van der Waals surface area (Å²) in [6.07, 6.45) is 7.37. The van der Waals surface area contributed by atoms with Crippen LogP contribution in [0.5, 0.6) is 0 Å². The van der Waals surface area contributed by atoms with Crippen LogP contribution in [0.4, 0.5) is 0 Å². The van der Waals surface area contributed by atoms with Gasteiger partial charge in [0.2, 0.25) is 0 Å². The quantitative estimate of drug-likeness (QED) is 0.509. The maximum absolute atomic E-state index is 13.6. The zero-order valence-corrected chi connectivity index (χ0v) is 21.0. The molecule has 1 amide bonds. The Labute approximate surface area is 210 Å². The summed E-state index contributed by atoms with van der Waals surface area (Å²) in [7, 11) is 0. The van der Waals surface area contributed by atoms with Gasteiger partial charge in [0.25, 0.3) is 11.5 Å². The van der Waals surface area contributed by atoms with Gasteiger partial charge in [-0.05, 0) is 56.7 Å². The summed E-state index contributed by atoms with van der Waals surface area (Å²) in [4.78, 5) is 33.8. The fourth-order valence-corrected chi connectivity index (χ4v) is 5.55. The molecule has 192 valence electrons. The number of ether oxygens (including phenoxy) is 2. The number of aromatic amines is 1. The molecule has 9 heteroatoms. The Hall–Kier alpha value is -2.75. The number of hydrogen-bond donors (Lipinski definition) is 1. The number of benzene rings is 1. The summed E-state index contributed by atoms with van der Waals surface area (Å²) < 4.78 is 13.3. The van der Waals surface area contributed by atoms with Crippen LogP contribution in [-0.2, 0) is 9.47 Å². The molecule has 3 aromatic rings. The second kappa shape index (κ2) is 9.95. The Morgan fingerprint density at radius 1 is 1.11 bits per heavy atom. The highest BCUT2D eigenvalue weighted by molar-refractivity contribution is 6.07. The molecule has 1 aliphatic carbocycles. The molecule has 0 bridgehead atoms. The first-order chi connectivity index (χ1) is 17.6. The Bertz CT molecular complexity index is 1310. The zero-order valence-electron chi connectivity index (χ0n) is 21.0. The van der Waals surface area contributed by atoms with Gasteiger partial charge in [-0.1, -0.05) is 0 Å². The van der Waals surface area contributed by atoms with E-state index in [1.807, 2.05) is 28.6 Å². The molecular formula is C27H35N5O4. The van der Waals surface area contributed by atoms with Crippen molar-refractivity contribution < 1.29 is 14.3 Å². The van der Waals surface area contributed by atoms with Gasteiger partial charge in [-0.2, -0.15) is 5.10 Å². The molecule has 2 aromatic heterocycles. The highest BCUT2D eigenvalue weighted by Gasteiger charge is 2.26. The number of aryl methyl sites for hydroxylation is 1. The van der Waals surface area contributed by atoms with E-state index in [1.54, 1.807) is 6.20 Å². The lowest BCUT2D eigenvalue weighted by atomic mass is 10.0. The molecule has 3 fully saturated rings. The number of fused-ring (bicyclic) bond motifs is 3. The number of hydrogen-bond acceptors (Lipinski definition) is 6. The lowest BCUT2D eigenvalue weighted by Gasteiger charge is -2.35. The molecule has 0 radical (unpaired) electrons. The summed E-state index contributed by atoms with van der Waals surface area (Å²) in [6, 6.07) is 4.08. The normalized spacial score (nSPS) is 20.0. The second-order valence-electron chi connectivity index (χ2n) is 10.4. The number of aromatic nitrogens is 3. The lowest BCUT2D eigenvalue weighted by Crippen LogP contribution is -2.49. The minimum atomic E-state index is -0.145. The maximum atomic E-state index is 13.6. The largest absolute Gasteiger partial charge is 0.381 e. The van der Waals surface area contributed by atoms with Crippen LogP contribution in [0.15, 0.2) is 23.1 Å². The van der Waals surface area contributed by atoms with Crippen LogP contribution >= 0.6 is 0 Å². The summed E-state index contributed by atoms with van der Waals surface area (Å²) >= 11 is 0. The number of H-pyrrole nitrogens is 1. The number of piperazine rings is 1. The van der Waals surface area contributed by atoms with Crippen LogP contribution in [0, 0.1) is 6.92 Å². The average molecular weight is 494 g/mol. The van der Waals surface area contributed by atoms with E-state index in [4.69, 9.17) is 9.47 Å². The number of nitrogens with zero attached hydrogens (tertiary/aromatic N) is 4. The van der Waals surface area contributed by atoms with Crippen molar-refractivity contribution in [2.24, 2.45) is 0 Å². The van der Waals surface area contributed by atoms with Crippen molar-refractivity contribution in [3.8, 4) is 0 Å². The zero-order chi connectivity index (χ0) is 24.6. The summed E-state index contributed by atoms with van der Waals surface area (Å²) in [5.41, 5.74) is 2.98. The van der Waals surface area contributed by atoms with Gasteiger partial charge in [0.1, 0.15) is 0 Å². The Balaban J connectivity index is 1.23. The van der Waals surface area contributed by atoms with Crippen molar-refractivity contribution in [2.75, 3.05) is 52.5 Å². The van der Waals surface area contributed by atoms with Gasteiger partial charge in [-0.3, -0.25) is 19.2 Å². The Morgan fingerprint density at radius 3 is 2.64 bits per heavy atom. The van der Waals surface area contributed by atoms with E-state index in [-0.39, 0.29) is 17.5 Å². The van der Waals surface area contributed by atoms with E-state index in [1.165, 1.54) is 12.8 Å². The first kappa shape index (κ1) is 23.6. The molecule has 9 nitrogen and oxygen atoms in total. The number of rotatable bonds is 7. The SMILES string of the molecule is Cc1cc2[nH]c(=O)c3cnn(C4CCOCC4)c3c2cc1C(=O)N1CCN(CCCOC2CC2)CC1. The maximum Gasteiger partial charge on any atom is 0.259 e. The van der Waals surface area contributed by atoms with Crippen molar-refractivity contribution in [1.82, 2.24) is 24.6 Å². The van der Waals surface area contributed by atoms with Crippen LogP contribution in [0.25, 0.3) is 21.8 Å². The Kier molecular flexibility index (Phi) is 6.54. The van der Waals surface area contributed by atoms with Gasteiger partial charge in [-0.15, -0.1) is 0 Å². The van der Waals surface area contributed by atoms with E-state index < -0.39 is 0 Å². The number of amides is 1. The standard InChI is InChI=1S/C27H35N5O4/c1-18-15-24-22(25-23(26(33)29-24)17-28-32(25)19-5-13-35-14-6-19)16-21(18)27(34)31-10-8-30(9-11-31)7-2-12-36-20-3-4-20/h15-17,19-20H,2-14H2,1H3,(H,29,33). The van der Waals surface area contributed by atoms with E-state index in [0.717, 1.165) is 80.6 Å². The highest BCUT2D eigenvalue weighted by Crippen LogP contribution is 2.30. The molecule has 4 heterocycles. The van der Waals surface area contributed by atoms with Crippen molar-refractivity contribution in [2.45, 2.75) is 51.2 Å². The van der Waals surface area contributed by atoms with E-state index >= 15 is 0 Å². The molecule has 0 atom stereocenters. The van der Waals surface area contributed by atoms with Gasteiger partial charge in [0.05, 0.1) is 34.8 Å².